The summed E-state index contributed by atoms with van der Waals surface area (Å²) in [7, 11) is 0. The van der Waals surface area contributed by atoms with Crippen molar-refractivity contribution < 1.29 is 62.6 Å². The summed E-state index contributed by atoms with van der Waals surface area (Å²) >= 11 is 0. The standard InChI is InChI=1S/C46H68O13/c1-8-40(6,35(49)59-46-20-30-14-42(25-46,24-44(53,17-30)27-46)37(51)56-32-11-9-10-12-54-32)23-41(7,22-38(2,3)34(48)55-31-21-39(4,5)57-33(31)47)36(50)58-45-18-28-13-29(19-45)16-43(52,15-28)26-45/h28-32,52-53H,8-27H2,1-7H3. The Labute approximate surface area is 348 Å². The number of aliphatic hydroxyl groups is 2. The molecule has 10 aliphatic rings. The fourth-order valence-electron chi connectivity index (χ4n) is 14.3. The molecule has 0 aromatic heterocycles. The van der Waals surface area contributed by atoms with Gasteiger partial charge in [0.1, 0.15) is 16.8 Å². The first-order valence-electron chi connectivity index (χ1n) is 22.5. The summed E-state index contributed by atoms with van der Waals surface area (Å²) in [5.74, 6) is -2.31. The molecule has 0 aromatic rings. The Morgan fingerprint density at radius 2 is 1.34 bits per heavy atom. The van der Waals surface area contributed by atoms with Crippen molar-refractivity contribution in [1.82, 2.24) is 0 Å². The van der Waals surface area contributed by atoms with Gasteiger partial charge in [0.25, 0.3) is 0 Å². The van der Waals surface area contributed by atoms with Gasteiger partial charge in [0, 0.05) is 32.1 Å². The van der Waals surface area contributed by atoms with Gasteiger partial charge in [-0.05, 0) is 149 Å². The lowest BCUT2D eigenvalue weighted by atomic mass is 9.46. The molecule has 8 aliphatic carbocycles. The maximum Gasteiger partial charge on any atom is 0.348 e. The molecule has 2 heterocycles. The van der Waals surface area contributed by atoms with Gasteiger partial charge in [-0.25, -0.2) is 4.79 Å². The Balaban J connectivity index is 1.05. The topological polar surface area (TPSA) is 181 Å². The van der Waals surface area contributed by atoms with Gasteiger partial charge in [-0.3, -0.25) is 19.2 Å². The van der Waals surface area contributed by atoms with Crippen LogP contribution in [0.2, 0.25) is 0 Å². The Bertz CT molecular complexity index is 1730. The number of hydrogen-bond donors (Lipinski definition) is 2. The second kappa shape index (κ2) is 14.1. The normalized spacial score (nSPS) is 42.3. The van der Waals surface area contributed by atoms with Crippen LogP contribution < -0.4 is 0 Å². The smallest absolute Gasteiger partial charge is 0.348 e. The molecule has 2 saturated heterocycles. The van der Waals surface area contributed by atoms with Crippen LogP contribution in [0.1, 0.15) is 170 Å². The summed E-state index contributed by atoms with van der Waals surface area (Å²) in [6.45, 7) is 12.8. The maximum absolute atomic E-state index is 15.0. The van der Waals surface area contributed by atoms with Gasteiger partial charge in [-0.2, -0.15) is 0 Å². The van der Waals surface area contributed by atoms with Gasteiger partial charge in [0.05, 0.1) is 39.5 Å². The largest absolute Gasteiger partial charge is 0.459 e. The van der Waals surface area contributed by atoms with Crippen molar-refractivity contribution in [2.24, 2.45) is 39.4 Å². The average molecular weight is 829 g/mol. The van der Waals surface area contributed by atoms with E-state index in [0.717, 1.165) is 19.3 Å². The van der Waals surface area contributed by atoms with Gasteiger partial charge in [-0.1, -0.05) is 6.92 Å². The minimum Gasteiger partial charge on any atom is -0.459 e. The molecule has 10 atom stereocenters. The molecule has 0 spiro atoms. The van der Waals surface area contributed by atoms with Gasteiger partial charge in [0.2, 0.25) is 12.4 Å². The van der Waals surface area contributed by atoms with E-state index in [-0.39, 0.29) is 62.7 Å². The molecule has 8 saturated carbocycles. The maximum atomic E-state index is 15.0. The summed E-state index contributed by atoms with van der Waals surface area (Å²) in [4.78, 5) is 70.5. The predicted molar refractivity (Wildman–Crippen MR) is 210 cm³/mol. The highest BCUT2D eigenvalue weighted by Crippen LogP contribution is 2.65. The summed E-state index contributed by atoms with van der Waals surface area (Å²) in [6.07, 6.45) is 7.48. The first-order valence-corrected chi connectivity index (χ1v) is 22.5. The van der Waals surface area contributed by atoms with Gasteiger partial charge in [-0.15, -0.1) is 0 Å². The molecular formula is C46H68O13. The van der Waals surface area contributed by atoms with Crippen LogP contribution in [0.4, 0.5) is 0 Å². The van der Waals surface area contributed by atoms with Crippen LogP contribution in [0.15, 0.2) is 0 Å². The van der Waals surface area contributed by atoms with Crippen LogP contribution in [-0.4, -0.2) is 87.1 Å². The first-order chi connectivity index (χ1) is 27.3. The third kappa shape index (κ3) is 8.07. The van der Waals surface area contributed by atoms with Crippen LogP contribution >= 0.6 is 0 Å². The second-order valence-corrected chi connectivity index (χ2v) is 23.0. The molecule has 10 rings (SSSR count). The zero-order valence-electron chi connectivity index (χ0n) is 36.4. The Morgan fingerprint density at radius 3 is 1.93 bits per heavy atom. The van der Waals surface area contributed by atoms with Crippen LogP contribution in [0.3, 0.4) is 0 Å². The first kappa shape index (κ1) is 42.9. The fraction of sp³-hybridized carbons (Fsp3) is 0.891. The van der Waals surface area contributed by atoms with E-state index in [4.69, 9.17) is 28.4 Å². The highest BCUT2D eigenvalue weighted by atomic mass is 16.7. The van der Waals surface area contributed by atoms with Crippen molar-refractivity contribution >= 4 is 29.8 Å². The lowest BCUT2D eigenvalue weighted by molar-refractivity contribution is -0.259. The molecule has 10 fully saturated rings. The summed E-state index contributed by atoms with van der Waals surface area (Å²) in [6, 6.07) is 0. The van der Waals surface area contributed by atoms with E-state index in [2.05, 4.69) is 0 Å². The van der Waals surface area contributed by atoms with Crippen molar-refractivity contribution in [2.45, 2.75) is 211 Å². The highest BCUT2D eigenvalue weighted by molar-refractivity contribution is 5.85. The lowest BCUT2D eigenvalue weighted by Gasteiger charge is -2.63. The number of carbonyl (C=O) groups is 5. The quantitative estimate of drug-likeness (QED) is 0.151. The van der Waals surface area contributed by atoms with Crippen LogP contribution in [-0.2, 0) is 52.4 Å². The second-order valence-electron chi connectivity index (χ2n) is 23.0. The van der Waals surface area contributed by atoms with E-state index >= 15 is 4.79 Å². The van der Waals surface area contributed by atoms with E-state index < -0.39 is 91.9 Å². The van der Waals surface area contributed by atoms with Crippen molar-refractivity contribution in [2.75, 3.05) is 6.61 Å². The Morgan fingerprint density at radius 1 is 0.712 bits per heavy atom. The lowest BCUT2D eigenvalue weighted by Crippen LogP contribution is -2.67. The number of ether oxygens (including phenoxy) is 6. The zero-order chi connectivity index (χ0) is 42.7. The number of carbonyl (C=O) groups excluding carboxylic acids is 5. The highest BCUT2D eigenvalue weighted by Gasteiger charge is 2.69. The van der Waals surface area contributed by atoms with Gasteiger partial charge < -0.3 is 38.6 Å². The summed E-state index contributed by atoms with van der Waals surface area (Å²) in [5.41, 5.74) is -9.82. The third-order valence-corrected chi connectivity index (χ3v) is 15.9. The van der Waals surface area contributed by atoms with E-state index in [1.165, 1.54) is 0 Å². The zero-order valence-corrected chi connectivity index (χ0v) is 36.4. The minimum atomic E-state index is -1.43. The van der Waals surface area contributed by atoms with Crippen molar-refractivity contribution in [1.29, 1.82) is 0 Å². The van der Waals surface area contributed by atoms with Crippen molar-refractivity contribution in [3.63, 3.8) is 0 Å². The van der Waals surface area contributed by atoms with Crippen LogP contribution in [0.5, 0.6) is 0 Å². The molecule has 0 radical (unpaired) electrons. The van der Waals surface area contributed by atoms with Gasteiger partial charge in [0.15, 0.2) is 0 Å². The van der Waals surface area contributed by atoms with E-state index in [1.54, 1.807) is 41.5 Å². The number of rotatable bonds is 13. The number of cyclic esters (lactones) is 1. The molecule has 0 amide bonds. The number of esters is 5. The molecule has 8 bridgehead atoms. The van der Waals surface area contributed by atoms with Crippen molar-refractivity contribution in [3.8, 4) is 0 Å². The molecular weight excluding hydrogens is 760 g/mol. The van der Waals surface area contributed by atoms with Gasteiger partial charge >= 0.3 is 29.8 Å². The Hall–Kier alpha value is -2.77. The molecule has 2 aliphatic heterocycles. The minimum absolute atomic E-state index is 0.0352. The van der Waals surface area contributed by atoms with E-state index in [9.17, 15) is 29.4 Å². The predicted octanol–water partition coefficient (Wildman–Crippen LogP) is 6.55. The van der Waals surface area contributed by atoms with Crippen LogP contribution in [0, 0.1) is 39.4 Å². The monoisotopic (exact) mass is 828 g/mol. The van der Waals surface area contributed by atoms with E-state index in [1.807, 2.05) is 6.92 Å². The molecule has 0 aromatic carbocycles. The summed E-state index contributed by atoms with van der Waals surface area (Å²) < 4.78 is 36.1. The Kier molecular flexibility index (Phi) is 10.3. The van der Waals surface area contributed by atoms with Crippen LogP contribution in [0.25, 0.3) is 0 Å². The molecule has 13 heteroatoms. The number of hydrogen-bond acceptors (Lipinski definition) is 13. The SMILES string of the molecule is CCC(C)(CC(C)(CC(C)(C)C(=O)OC1CC(C)(C)OC1=O)C(=O)OC12CC3CC(CC(O)(C3)C1)C2)C(=O)OC12CC3CC(O)(C1)CC(C(=O)OC1CCCCO1)(C3)C2. The molecule has 330 valence electrons. The molecule has 10 unspecified atom stereocenters. The molecule has 2 N–H and O–H groups in total. The average Bonchev–Trinajstić information content (AvgIpc) is 3.35. The fourth-order valence-corrected chi connectivity index (χ4v) is 14.3. The third-order valence-electron chi connectivity index (χ3n) is 15.9. The van der Waals surface area contributed by atoms with E-state index in [0.29, 0.717) is 64.4 Å². The molecule has 59 heavy (non-hydrogen) atoms. The summed E-state index contributed by atoms with van der Waals surface area (Å²) in [5, 5.41) is 23.5. The molecule has 13 nitrogen and oxygen atoms in total. The van der Waals surface area contributed by atoms with Crippen molar-refractivity contribution in [3.05, 3.63) is 0 Å².